The fraction of sp³-hybridized carbons (Fsp3) is 0.647. The number of benzene rings is 1. The lowest BCUT2D eigenvalue weighted by atomic mass is 9.90. The van der Waals surface area contributed by atoms with Gasteiger partial charge in [-0.15, -0.1) is 0 Å². The summed E-state index contributed by atoms with van der Waals surface area (Å²) >= 11 is 0. The Balaban J connectivity index is 2.43. The molecular weight excluding hydrogens is 266 g/mol. The third-order valence-electron chi connectivity index (χ3n) is 3.72. The van der Waals surface area contributed by atoms with E-state index >= 15 is 0 Å². The van der Waals surface area contributed by atoms with Crippen LogP contribution >= 0.6 is 0 Å². The summed E-state index contributed by atoms with van der Waals surface area (Å²) in [6.45, 7) is 7.06. The quantitative estimate of drug-likeness (QED) is 0.580. The van der Waals surface area contributed by atoms with E-state index in [1.807, 2.05) is 24.3 Å². The van der Waals surface area contributed by atoms with E-state index in [4.69, 9.17) is 9.84 Å². The van der Waals surface area contributed by atoms with Crippen molar-refractivity contribution in [1.82, 2.24) is 5.32 Å². The molecule has 0 saturated heterocycles. The molecule has 4 heteroatoms. The number of aliphatic hydroxyl groups excluding tert-OH is 2. The fourth-order valence-electron chi connectivity index (χ4n) is 2.53. The predicted octanol–water partition coefficient (Wildman–Crippen LogP) is 2.48. The zero-order valence-corrected chi connectivity index (χ0v) is 13.4. The smallest absolute Gasteiger partial charge is 0.119 e. The van der Waals surface area contributed by atoms with Gasteiger partial charge in [-0.05, 0) is 37.0 Å². The average molecular weight is 295 g/mol. The first-order chi connectivity index (χ1) is 10.0. The molecular formula is C17H29NO3. The summed E-state index contributed by atoms with van der Waals surface area (Å²) in [7, 11) is 0. The van der Waals surface area contributed by atoms with Crippen molar-refractivity contribution in [2.45, 2.75) is 58.2 Å². The lowest BCUT2D eigenvalue weighted by molar-refractivity contribution is 0.129. The van der Waals surface area contributed by atoms with Crippen molar-refractivity contribution in [2.75, 3.05) is 13.2 Å². The standard InChI is InChI=1S/C17H29NO3/c1-4-17(13-20,18-14(2)3)9-6-10-21-16-8-5-7-15(11-16)12-19/h5,7-8,11,14,18-20H,4,6,9-10,12-13H2,1-3H3. The van der Waals surface area contributed by atoms with Crippen LogP contribution in [-0.2, 0) is 6.61 Å². The number of hydrogen-bond donors (Lipinski definition) is 3. The molecule has 0 heterocycles. The van der Waals surface area contributed by atoms with E-state index in [9.17, 15) is 5.11 Å². The normalized spacial score (nSPS) is 14.2. The second kappa shape index (κ2) is 9.03. The second-order valence-electron chi connectivity index (χ2n) is 5.85. The SMILES string of the molecule is CCC(CO)(CCCOc1cccc(CO)c1)NC(C)C. The molecule has 0 aliphatic rings. The highest BCUT2D eigenvalue weighted by Crippen LogP contribution is 2.19. The minimum absolute atomic E-state index is 0.0268. The molecule has 0 aliphatic heterocycles. The van der Waals surface area contributed by atoms with Crippen molar-refractivity contribution in [3.63, 3.8) is 0 Å². The maximum absolute atomic E-state index is 9.68. The number of rotatable bonds is 10. The molecule has 1 atom stereocenters. The summed E-state index contributed by atoms with van der Waals surface area (Å²) in [4.78, 5) is 0. The predicted molar refractivity (Wildman–Crippen MR) is 85.5 cm³/mol. The monoisotopic (exact) mass is 295 g/mol. The maximum atomic E-state index is 9.68. The Morgan fingerprint density at radius 2 is 2.05 bits per heavy atom. The first-order valence-electron chi connectivity index (χ1n) is 7.76. The molecule has 0 bridgehead atoms. The summed E-state index contributed by atoms with van der Waals surface area (Å²) in [6.07, 6.45) is 2.64. The molecule has 21 heavy (non-hydrogen) atoms. The molecule has 3 N–H and O–H groups in total. The zero-order valence-electron chi connectivity index (χ0n) is 13.4. The highest BCUT2D eigenvalue weighted by molar-refractivity contribution is 5.27. The Morgan fingerprint density at radius 3 is 2.62 bits per heavy atom. The molecule has 0 fully saturated rings. The van der Waals surface area contributed by atoms with Crippen LogP contribution in [-0.4, -0.2) is 35.0 Å². The summed E-state index contributed by atoms with van der Waals surface area (Å²) in [5.41, 5.74) is 0.636. The van der Waals surface area contributed by atoms with Crippen LogP contribution in [0.4, 0.5) is 0 Å². The van der Waals surface area contributed by atoms with Crippen LogP contribution in [0, 0.1) is 0 Å². The molecule has 0 radical (unpaired) electrons. The van der Waals surface area contributed by atoms with Gasteiger partial charge in [0.15, 0.2) is 0 Å². The van der Waals surface area contributed by atoms with Crippen molar-refractivity contribution in [1.29, 1.82) is 0 Å². The molecule has 1 aromatic carbocycles. The van der Waals surface area contributed by atoms with Gasteiger partial charge in [0.2, 0.25) is 0 Å². The minimum atomic E-state index is -0.218. The van der Waals surface area contributed by atoms with Crippen molar-refractivity contribution >= 4 is 0 Å². The van der Waals surface area contributed by atoms with Crippen LogP contribution in [0.2, 0.25) is 0 Å². The Hall–Kier alpha value is -1.10. The topological polar surface area (TPSA) is 61.7 Å². The highest BCUT2D eigenvalue weighted by Gasteiger charge is 2.27. The van der Waals surface area contributed by atoms with Gasteiger partial charge in [0.05, 0.1) is 19.8 Å². The lowest BCUT2D eigenvalue weighted by Gasteiger charge is -2.34. The van der Waals surface area contributed by atoms with Gasteiger partial charge in [-0.3, -0.25) is 0 Å². The first-order valence-corrected chi connectivity index (χ1v) is 7.76. The van der Waals surface area contributed by atoms with E-state index in [-0.39, 0.29) is 18.8 Å². The highest BCUT2D eigenvalue weighted by atomic mass is 16.5. The maximum Gasteiger partial charge on any atom is 0.119 e. The number of nitrogens with one attached hydrogen (secondary N) is 1. The van der Waals surface area contributed by atoms with Gasteiger partial charge in [-0.2, -0.15) is 0 Å². The van der Waals surface area contributed by atoms with Gasteiger partial charge in [0, 0.05) is 11.6 Å². The van der Waals surface area contributed by atoms with Gasteiger partial charge >= 0.3 is 0 Å². The molecule has 120 valence electrons. The van der Waals surface area contributed by atoms with E-state index in [1.54, 1.807) is 0 Å². The van der Waals surface area contributed by atoms with E-state index in [1.165, 1.54) is 0 Å². The molecule has 0 amide bonds. The number of aliphatic hydroxyl groups is 2. The molecule has 0 aliphatic carbocycles. The van der Waals surface area contributed by atoms with Crippen molar-refractivity contribution in [3.05, 3.63) is 29.8 Å². The third-order valence-corrected chi connectivity index (χ3v) is 3.72. The van der Waals surface area contributed by atoms with Gasteiger partial charge in [0.1, 0.15) is 5.75 Å². The molecule has 4 nitrogen and oxygen atoms in total. The summed E-state index contributed by atoms with van der Waals surface area (Å²) in [5, 5.41) is 22.2. The van der Waals surface area contributed by atoms with Gasteiger partial charge in [0.25, 0.3) is 0 Å². The van der Waals surface area contributed by atoms with Crippen LogP contribution in [0.3, 0.4) is 0 Å². The van der Waals surface area contributed by atoms with E-state index < -0.39 is 0 Å². The van der Waals surface area contributed by atoms with E-state index in [0.29, 0.717) is 12.6 Å². The van der Waals surface area contributed by atoms with Crippen molar-refractivity contribution in [3.8, 4) is 5.75 Å². The van der Waals surface area contributed by atoms with Gasteiger partial charge < -0.3 is 20.3 Å². The van der Waals surface area contributed by atoms with E-state index in [0.717, 1.165) is 30.6 Å². The van der Waals surface area contributed by atoms with Gasteiger partial charge in [-0.1, -0.05) is 32.9 Å². The molecule has 0 saturated carbocycles. The van der Waals surface area contributed by atoms with Gasteiger partial charge in [-0.25, -0.2) is 0 Å². The van der Waals surface area contributed by atoms with Crippen molar-refractivity contribution < 1.29 is 14.9 Å². The van der Waals surface area contributed by atoms with Crippen LogP contribution in [0.1, 0.15) is 45.6 Å². The van der Waals surface area contributed by atoms with Crippen LogP contribution in [0.25, 0.3) is 0 Å². The van der Waals surface area contributed by atoms with Crippen LogP contribution in [0.15, 0.2) is 24.3 Å². The zero-order chi connectivity index (χ0) is 15.7. The molecule has 1 rings (SSSR count). The Kier molecular flexibility index (Phi) is 7.72. The average Bonchev–Trinajstić information content (AvgIpc) is 2.50. The van der Waals surface area contributed by atoms with Crippen LogP contribution in [0.5, 0.6) is 5.75 Å². The Bertz CT molecular complexity index is 403. The summed E-state index contributed by atoms with van der Waals surface area (Å²) < 4.78 is 5.72. The summed E-state index contributed by atoms with van der Waals surface area (Å²) in [5.74, 6) is 0.782. The Morgan fingerprint density at radius 1 is 1.29 bits per heavy atom. The molecule has 1 aromatic rings. The van der Waals surface area contributed by atoms with Crippen molar-refractivity contribution in [2.24, 2.45) is 0 Å². The first kappa shape index (κ1) is 18.0. The molecule has 1 unspecified atom stereocenters. The molecule has 0 spiro atoms. The number of hydrogen-bond acceptors (Lipinski definition) is 4. The lowest BCUT2D eigenvalue weighted by Crippen LogP contribution is -2.51. The summed E-state index contributed by atoms with van der Waals surface area (Å²) in [6, 6.07) is 7.84. The fourth-order valence-corrected chi connectivity index (χ4v) is 2.53. The van der Waals surface area contributed by atoms with E-state index in [2.05, 4.69) is 26.1 Å². The van der Waals surface area contributed by atoms with Crippen LogP contribution < -0.4 is 10.1 Å². The third kappa shape index (κ3) is 6.04. The molecule has 0 aromatic heterocycles. The largest absolute Gasteiger partial charge is 0.494 e. The number of ether oxygens (including phenoxy) is 1. The second-order valence-corrected chi connectivity index (χ2v) is 5.85. The Labute approximate surface area is 128 Å². The minimum Gasteiger partial charge on any atom is -0.494 e.